The molecule has 0 aliphatic carbocycles. The van der Waals surface area contributed by atoms with Gasteiger partial charge in [0.15, 0.2) is 13.6 Å². The molecule has 0 saturated heterocycles. The lowest BCUT2D eigenvalue weighted by molar-refractivity contribution is 0.0514. The van der Waals surface area contributed by atoms with Gasteiger partial charge in [0.2, 0.25) is 0 Å². The summed E-state index contributed by atoms with van der Waals surface area (Å²) in [5.74, 6) is 1.59. The number of fused-ring (bicyclic) bond motifs is 2. The van der Waals surface area contributed by atoms with Crippen LogP contribution in [0.1, 0.15) is 0 Å². The Morgan fingerprint density at radius 1 is 0.471 bits per heavy atom. The fourth-order valence-corrected chi connectivity index (χ4v) is 4.39. The Bertz CT molecular complexity index is 1310. The monoisotopic (exact) mass is 450 g/mol. The van der Waals surface area contributed by atoms with Gasteiger partial charge in [0, 0.05) is 25.3 Å². The highest BCUT2D eigenvalue weighted by atomic mass is 16.7. The van der Waals surface area contributed by atoms with E-state index in [2.05, 4.69) is 72.8 Å². The molecule has 0 aromatic heterocycles. The lowest BCUT2D eigenvalue weighted by Gasteiger charge is -2.16. The summed E-state index contributed by atoms with van der Waals surface area (Å²) >= 11 is 0. The van der Waals surface area contributed by atoms with Crippen LogP contribution >= 0.6 is 0 Å². The van der Waals surface area contributed by atoms with Gasteiger partial charge in [-0.3, -0.25) is 0 Å². The molecule has 0 amide bonds. The van der Waals surface area contributed by atoms with Crippen LogP contribution in [0.4, 0.5) is 0 Å². The molecule has 0 heterocycles. The fourth-order valence-electron chi connectivity index (χ4n) is 4.39. The molecule has 0 saturated carbocycles. The summed E-state index contributed by atoms with van der Waals surface area (Å²) < 4.78 is 22.2. The Kier molecular flexibility index (Phi) is 6.43. The lowest BCUT2D eigenvalue weighted by Crippen LogP contribution is -2.01. The molecule has 0 aliphatic heterocycles. The van der Waals surface area contributed by atoms with Crippen molar-refractivity contribution in [2.24, 2.45) is 0 Å². The smallest absolute Gasteiger partial charge is 0.188 e. The molecule has 0 bridgehead atoms. The van der Waals surface area contributed by atoms with Crippen LogP contribution in [0.15, 0.2) is 97.1 Å². The first kappa shape index (κ1) is 22.0. The zero-order valence-corrected chi connectivity index (χ0v) is 19.3. The van der Waals surface area contributed by atoms with Gasteiger partial charge in [0.25, 0.3) is 0 Å². The maximum Gasteiger partial charge on any atom is 0.188 e. The van der Waals surface area contributed by atoms with E-state index in [1.54, 1.807) is 14.2 Å². The quantitative estimate of drug-likeness (QED) is 0.233. The second kappa shape index (κ2) is 9.96. The second-order valence-electron chi connectivity index (χ2n) is 8.00. The fraction of sp³-hybridized carbons (Fsp3) is 0.133. The van der Waals surface area contributed by atoms with Gasteiger partial charge < -0.3 is 18.9 Å². The third-order valence-corrected chi connectivity index (χ3v) is 5.91. The van der Waals surface area contributed by atoms with Gasteiger partial charge in [-0.05, 0) is 44.8 Å². The van der Waals surface area contributed by atoms with E-state index in [1.165, 1.54) is 0 Å². The van der Waals surface area contributed by atoms with E-state index in [1.807, 2.05) is 24.3 Å². The highest BCUT2D eigenvalue weighted by Gasteiger charge is 2.15. The molecule has 0 spiro atoms. The van der Waals surface area contributed by atoms with Crippen LogP contribution in [0.5, 0.6) is 11.5 Å². The third kappa shape index (κ3) is 4.21. The predicted molar refractivity (Wildman–Crippen MR) is 137 cm³/mol. The van der Waals surface area contributed by atoms with Crippen molar-refractivity contribution in [3.05, 3.63) is 97.1 Å². The van der Waals surface area contributed by atoms with Gasteiger partial charge >= 0.3 is 0 Å². The van der Waals surface area contributed by atoms with Crippen molar-refractivity contribution in [1.82, 2.24) is 0 Å². The van der Waals surface area contributed by atoms with E-state index in [0.29, 0.717) is 0 Å². The highest BCUT2D eigenvalue weighted by Crippen LogP contribution is 2.41. The zero-order valence-electron chi connectivity index (χ0n) is 19.3. The van der Waals surface area contributed by atoms with Crippen molar-refractivity contribution in [1.29, 1.82) is 0 Å². The second-order valence-corrected chi connectivity index (χ2v) is 8.00. The first-order valence-corrected chi connectivity index (χ1v) is 11.2. The molecule has 5 aromatic carbocycles. The Balaban J connectivity index is 1.64. The SMILES string of the molecule is COCOc1ccc2ccccc2c1-c1ccc(-c2c(OCOC)ccc3ccccc23)cc1. The van der Waals surface area contributed by atoms with E-state index >= 15 is 0 Å². The molecular weight excluding hydrogens is 424 g/mol. The van der Waals surface area contributed by atoms with Crippen LogP contribution < -0.4 is 9.47 Å². The van der Waals surface area contributed by atoms with Gasteiger partial charge in [-0.15, -0.1) is 0 Å². The standard InChI is InChI=1S/C30H26O4/c1-31-19-33-27-17-15-21-7-3-5-9-25(21)29(27)23-11-13-24(14-12-23)30-26-10-6-4-8-22(26)16-18-28(30)34-20-32-2/h3-18H,19-20H2,1-2H3. The summed E-state index contributed by atoms with van der Waals surface area (Å²) in [4.78, 5) is 0. The molecule has 5 rings (SSSR count). The van der Waals surface area contributed by atoms with Crippen LogP contribution in [-0.4, -0.2) is 27.8 Å². The normalized spacial score (nSPS) is 11.1. The Hall–Kier alpha value is -3.86. The van der Waals surface area contributed by atoms with E-state index in [9.17, 15) is 0 Å². The molecule has 0 radical (unpaired) electrons. The molecule has 0 fully saturated rings. The largest absolute Gasteiger partial charge is 0.467 e. The highest BCUT2D eigenvalue weighted by molar-refractivity contribution is 6.02. The van der Waals surface area contributed by atoms with Crippen molar-refractivity contribution < 1.29 is 18.9 Å². The number of benzene rings is 5. The minimum atomic E-state index is 0.194. The lowest BCUT2D eigenvalue weighted by atomic mass is 9.93. The van der Waals surface area contributed by atoms with E-state index in [0.717, 1.165) is 55.3 Å². The molecule has 0 unspecified atom stereocenters. The van der Waals surface area contributed by atoms with Crippen molar-refractivity contribution >= 4 is 21.5 Å². The van der Waals surface area contributed by atoms with E-state index in [-0.39, 0.29) is 13.6 Å². The summed E-state index contributed by atoms with van der Waals surface area (Å²) in [6.07, 6.45) is 0. The third-order valence-electron chi connectivity index (χ3n) is 5.91. The van der Waals surface area contributed by atoms with Gasteiger partial charge in [0.05, 0.1) is 0 Å². The van der Waals surface area contributed by atoms with Crippen LogP contribution in [0, 0.1) is 0 Å². The van der Waals surface area contributed by atoms with Gasteiger partial charge in [-0.25, -0.2) is 0 Å². The van der Waals surface area contributed by atoms with E-state index < -0.39 is 0 Å². The minimum Gasteiger partial charge on any atom is -0.467 e. The van der Waals surface area contributed by atoms with Crippen molar-refractivity contribution in [3.8, 4) is 33.8 Å². The van der Waals surface area contributed by atoms with Crippen molar-refractivity contribution in [2.45, 2.75) is 0 Å². The van der Waals surface area contributed by atoms with Crippen LogP contribution in [-0.2, 0) is 9.47 Å². The predicted octanol–water partition coefficient (Wildman–Crippen LogP) is 7.29. The Morgan fingerprint density at radius 2 is 0.882 bits per heavy atom. The number of hydrogen-bond acceptors (Lipinski definition) is 4. The molecule has 170 valence electrons. The van der Waals surface area contributed by atoms with Gasteiger partial charge in [-0.1, -0.05) is 84.9 Å². The summed E-state index contributed by atoms with van der Waals surface area (Å²) in [6, 6.07) is 33.4. The Morgan fingerprint density at radius 3 is 1.29 bits per heavy atom. The summed E-state index contributed by atoms with van der Waals surface area (Å²) in [5, 5.41) is 4.60. The maximum atomic E-state index is 5.93. The first-order valence-electron chi connectivity index (χ1n) is 11.2. The summed E-state index contributed by atoms with van der Waals surface area (Å²) in [6.45, 7) is 0.388. The molecule has 4 heteroatoms. The van der Waals surface area contributed by atoms with Gasteiger partial charge in [-0.2, -0.15) is 0 Å². The molecule has 4 nitrogen and oxygen atoms in total. The molecular formula is C30H26O4. The van der Waals surface area contributed by atoms with Crippen LogP contribution in [0.3, 0.4) is 0 Å². The molecule has 0 aliphatic rings. The number of ether oxygens (including phenoxy) is 4. The average molecular weight is 451 g/mol. The average Bonchev–Trinajstić information content (AvgIpc) is 2.90. The minimum absolute atomic E-state index is 0.194. The van der Waals surface area contributed by atoms with Crippen LogP contribution in [0.2, 0.25) is 0 Å². The first-order chi connectivity index (χ1) is 16.8. The zero-order chi connectivity index (χ0) is 23.3. The molecule has 0 N–H and O–H groups in total. The van der Waals surface area contributed by atoms with Crippen molar-refractivity contribution in [2.75, 3.05) is 27.8 Å². The number of rotatable bonds is 8. The summed E-state index contributed by atoms with van der Waals surface area (Å²) in [5.41, 5.74) is 4.25. The van der Waals surface area contributed by atoms with Crippen LogP contribution in [0.25, 0.3) is 43.8 Å². The van der Waals surface area contributed by atoms with Crippen molar-refractivity contribution in [3.63, 3.8) is 0 Å². The summed E-state index contributed by atoms with van der Waals surface area (Å²) in [7, 11) is 3.26. The number of methoxy groups -OCH3 is 2. The van der Waals surface area contributed by atoms with Gasteiger partial charge in [0.1, 0.15) is 11.5 Å². The Labute approximate surface area is 199 Å². The molecule has 0 atom stereocenters. The molecule has 5 aromatic rings. The maximum absolute atomic E-state index is 5.93. The molecule has 34 heavy (non-hydrogen) atoms. The van der Waals surface area contributed by atoms with E-state index in [4.69, 9.17) is 18.9 Å². The number of hydrogen-bond donors (Lipinski definition) is 0. The topological polar surface area (TPSA) is 36.9 Å².